The van der Waals surface area contributed by atoms with Crippen molar-refractivity contribution in [3.63, 3.8) is 0 Å². The molecular weight excluding hydrogens is 620 g/mol. The van der Waals surface area contributed by atoms with Gasteiger partial charge in [-0.1, -0.05) is 72.6 Å². The Hall–Kier alpha value is -4.80. The number of ether oxygens (including phenoxy) is 2. The van der Waals surface area contributed by atoms with E-state index in [0.717, 1.165) is 0 Å². The Balaban J connectivity index is 1.24. The lowest BCUT2D eigenvalue weighted by Crippen LogP contribution is -2.42. The molecule has 3 aromatic carbocycles. The number of nitrogens with zero attached hydrogens (tertiary/aromatic N) is 3. The third-order valence-electron chi connectivity index (χ3n) is 8.95. The molecule has 2 atom stereocenters. The van der Waals surface area contributed by atoms with Crippen LogP contribution in [0.1, 0.15) is 75.8 Å². The molecule has 2 unspecified atom stereocenters. The molecule has 49 heavy (non-hydrogen) atoms. The predicted molar refractivity (Wildman–Crippen MR) is 186 cm³/mol. The standard InChI is InChI=1S/C39H44N4O6/c1-27-35(38(44)48-33-18-10-20-41(25-33)23-29-12-5-3-6-13-29)37(31-16-9-17-32(22-31)43(46)47)36(28(2)40-27)39(45)49-34-19-11-21-42(26-34)24-30-14-7-4-8-15-30/h3-9,12-17,22,33-34,37,40H,10-11,18-21,23-26H2,1-2H3/i3D,4D,5D,6D,7D,8D,12D,13D,14D,15D. The average molecular weight is 675 g/mol. The zero-order chi connectivity index (χ0) is 43.0. The first-order valence-corrected chi connectivity index (χ1v) is 16.3. The summed E-state index contributed by atoms with van der Waals surface area (Å²) >= 11 is 0. The van der Waals surface area contributed by atoms with E-state index in [1.807, 2.05) is 9.80 Å². The molecule has 3 aliphatic rings. The average Bonchev–Trinajstić information content (AvgIpc) is 3.21. The number of piperidine rings is 2. The molecule has 3 aromatic rings. The minimum absolute atomic E-state index is 0.0302. The minimum Gasteiger partial charge on any atom is -0.458 e. The number of allylic oxidation sites excluding steroid dienone is 2. The van der Waals surface area contributed by atoms with Gasteiger partial charge >= 0.3 is 11.9 Å². The largest absolute Gasteiger partial charge is 0.458 e. The van der Waals surface area contributed by atoms with Crippen LogP contribution in [0.3, 0.4) is 0 Å². The number of esters is 2. The minimum atomic E-state index is -1.15. The molecule has 0 spiro atoms. The fourth-order valence-electron chi connectivity index (χ4n) is 6.78. The molecule has 0 radical (unpaired) electrons. The second-order valence-corrected chi connectivity index (χ2v) is 12.5. The molecule has 0 saturated carbocycles. The van der Waals surface area contributed by atoms with Crippen LogP contribution in [0.15, 0.2) is 107 Å². The van der Waals surface area contributed by atoms with E-state index in [-0.39, 0.29) is 83.9 Å². The van der Waals surface area contributed by atoms with Crippen molar-refractivity contribution < 1.29 is 37.7 Å². The van der Waals surface area contributed by atoms with Crippen LogP contribution in [0.2, 0.25) is 0 Å². The normalized spacial score (nSPS) is 24.8. The Morgan fingerprint density at radius 1 is 0.837 bits per heavy atom. The van der Waals surface area contributed by atoms with Crippen LogP contribution < -0.4 is 5.32 Å². The Morgan fingerprint density at radius 2 is 1.33 bits per heavy atom. The van der Waals surface area contributed by atoms with Gasteiger partial charge in [-0.2, -0.15) is 0 Å². The summed E-state index contributed by atoms with van der Waals surface area (Å²) in [6.07, 6.45) is 0.735. The second kappa shape index (κ2) is 15.6. The van der Waals surface area contributed by atoms with Gasteiger partial charge in [0.15, 0.2) is 0 Å². The zero-order valence-electron chi connectivity index (χ0n) is 37.4. The molecule has 2 fully saturated rings. The number of rotatable bonds is 10. The number of benzene rings is 3. The fraction of sp³-hybridized carbons (Fsp3) is 0.385. The number of carbonyl (C=O) groups is 2. The summed E-state index contributed by atoms with van der Waals surface area (Å²) in [5.74, 6) is -2.70. The van der Waals surface area contributed by atoms with E-state index >= 15 is 0 Å². The number of nitrogens with one attached hydrogen (secondary N) is 1. The number of nitro benzene ring substituents is 1. The van der Waals surface area contributed by atoms with Gasteiger partial charge < -0.3 is 14.8 Å². The Bertz CT molecular complexity index is 2100. The maximum absolute atomic E-state index is 14.3. The SMILES string of the molecule is [2H]c1c([2H])c([2H])c(CN2CCCC(OC(=O)C3=C(C)NC(C)=C(C(=O)OC4CCCN(Cc5c([2H])c([2H])c([2H])c([2H])c5[2H])C4)C3c3cccc([N+](=O)[O-])c3)C2)c([2H])c1[2H]. The maximum Gasteiger partial charge on any atom is 0.337 e. The van der Waals surface area contributed by atoms with Crippen molar-refractivity contribution in [3.8, 4) is 0 Å². The number of hydrogen-bond acceptors (Lipinski definition) is 9. The summed E-state index contributed by atoms with van der Waals surface area (Å²) < 4.78 is 93.6. The monoisotopic (exact) mass is 674 g/mol. The third kappa shape index (κ3) is 8.44. The highest BCUT2D eigenvalue weighted by atomic mass is 16.6. The molecule has 0 bridgehead atoms. The van der Waals surface area contributed by atoms with Crippen molar-refractivity contribution in [2.45, 2.75) is 70.7 Å². The topological polar surface area (TPSA) is 114 Å². The molecule has 3 heterocycles. The van der Waals surface area contributed by atoms with Gasteiger partial charge in [-0.05, 0) is 69.3 Å². The van der Waals surface area contributed by atoms with Crippen molar-refractivity contribution in [1.29, 1.82) is 0 Å². The van der Waals surface area contributed by atoms with Gasteiger partial charge in [-0.15, -0.1) is 0 Å². The van der Waals surface area contributed by atoms with Crippen LogP contribution in [-0.2, 0) is 32.2 Å². The van der Waals surface area contributed by atoms with Crippen LogP contribution in [0.5, 0.6) is 0 Å². The molecule has 3 aliphatic heterocycles. The van der Waals surface area contributed by atoms with Crippen LogP contribution in [-0.4, -0.2) is 65.0 Å². The first kappa shape index (κ1) is 23.5. The number of hydrogen-bond donors (Lipinski definition) is 1. The molecule has 0 amide bonds. The van der Waals surface area contributed by atoms with Gasteiger partial charge in [0.2, 0.25) is 0 Å². The lowest BCUT2D eigenvalue weighted by Gasteiger charge is -2.36. The third-order valence-corrected chi connectivity index (χ3v) is 8.95. The van der Waals surface area contributed by atoms with E-state index in [0.29, 0.717) is 50.2 Å². The lowest BCUT2D eigenvalue weighted by molar-refractivity contribution is -0.384. The van der Waals surface area contributed by atoms with E-state index < -0.39 is 71.2 Å². The highest BCUT2D eigenvalue weighted by Crippen LogP contribution is 2.41. The predicted octanol–water partition coefficient (Wildman–Crippen LogP) is 6.25. The van der Waals surface area contributed by atoms with E-state index in [1.54, 1.807) is 19.9 Å². The molecule has 256 valence electrons. The van der Waals surface area contributed by atoms with Crippen molar-refractivity contribution in [1.82, 2.24) is 15.1 Å². The van der Waals surface area contributed by atoms with Crippen molar-refractivity contribution in [3.05, 3.63) is 134 Å². The van der Waals surface area contributed by atoms with Crippen LogP contribution in [0.4, 0.5) is 5.69 Å². The first-order chi connectivity index (χ1) is 27.9. The van der Waals surface area contributed by atoms with Gasteiger partial charge in [0.05, 0.1) is 35.7 Å². The number of dihydropyridines is 1. The molecule has 0 aliphatic carbocycles. The zero-order valence-corrected chi connectivity index (χ0v) is 27.4. The number of non-ortho nitro benzene ring substituents is 1. The molecule has 10 heteroatoms. The molecule has 1 N–H and O–H groups in total. The Morgan fingerprint density at radius 3 is 1.80 bits per heavy atom. The van der Waals surface area contributed by atoms with E-state index in [9.17, 15) is 19.7 Å². The van der Waals surface area contributed by atoms with Crippen LogP contribution in [0, 0.1) is 10.1 Å². The molecule has 10 nitrogen and oxygen atoms in total. The van der Waals surface area contributed by atoms with E-state index in [4.69, 9.17) is 23.2 Å². The Kier molecular flexibility index (Phi) is 7.50. The summed E-state index contributed by atoms with van der Waals surface area (Å²) in [6.45, 7) is 4.76. The van der Waals surface area contributed by atoms with Gasteiger partial charge in [0.25, 0.3) is 5.69 Å². The van der Waals surface area contributed by atoms with Crippen molar-refractivity contribution in [2.24, 2.45) is 0 Å². The smallest absolute Gasteiger partial charge is 0.337 e. The second-order valence-electron chi connectivity index (χ2n) is 12.5. The lowest BCUT2D eigenvalue weighted by atomic mass is 9.80. The molecular formula is C39H44N4O6. The van der Waals surface area contributed by atoms with Crippen molar-refractivity contribution in [2.75, 3.05) is 26.2 Å². The van der Waals surface area contributed by atoms with E-state index in [2.05, 4.69) is 5.32 Å². The summed E-state index contributed by atoms with van der Waals surface area (Å²) in [4.78, 5) is 43.7. The quantitative estimate of drug-likeness (QED) is 0.152. The van der Waals surface area contributed by atoms with Crippen LogP contribution >= 0.6 is 0 Å². The van der Waals surface area contributed by atoms with Gasteiger partial charge in [-0.3, -0.25) is 19.9 Å². The molecule has 0 aromatic heterocycles. The van der Waals surface area contributed by atoms with Gasteiger partial charge in [0.1, 0.15) is 12.2 Å². The molecule has 2 saturated heterocycles. The number of likely N-dealkylation sites (tertiary alicyclic amines) is 2. The first-order valence-electron chi connectivity index (χ1n) is 21.3. The van der Waals surface area contributed by atoms with Crippen LogP contribution in [0.25, 0.3) is 0 Å². The number of nitro groups is 1. The highest BCUT2D eigenvalue weighted by Gasteiger charge is 2.40. The summed E-state index contributed by atoms with van der Waals surface area (Å²) in [5.41, 5.74) is 1.06. The summed E-state index contributed by atoms with van der Waals surface area (Å²) in [6, 6.07) is 1.68. The van der Waals surface area contributed by atoms with Crippen molar-refractivity contribution >= 4 is 17.6 Å². The fourth-order valence-corrected chi connectivity index (χ4v) is 6.78. The maximum atomic E-state index is 14.3. The summed E-state index contributed by atoms with van der Waals surface area (Å²) in [5, 5.41) is 15.0. The Labute approximate surface area is 301 Å². The molecule has 6 rings (SSSR count). The van der Waals surface area contributed by atoms with Gasteiger partial charge in [0, 0.05) is 49.7 Å². The number of carbonyl (C=O) groups excluding carboxylic acids is 2. The van der Waals surface area contributed by atoms with Gasteiger partial charge in [-0.25, -0.2) is 9.59 Å². The highest BCUT2D eigenvalue weighted by molar-refractivity contribution is 6.00. The van der Waals surface area contributed by atoms with E-state index in [1.165, 1.54) is 18.2 Å². The summed E-state index contributed by atoms with van der Waals surface area (Å²) in [7, 11) is 0.